The maximum absolute atomic E-state index is 12.3. The van der Waals surface area contributed by atoms with Crippen molar-refractivity contribution in [2.24, 2.45) is 5.73 Å². The third-order valence-electron chi connectivity index (χ3n) is 4.05. The number of aromatic hydroxyl groups is 1. The van der Waals surface area contributed by atoms with Crippen molar-refractivity contribution >= 4 is 23.8 Å². The van der Waals surface area contributed by atoms with Gasteiger partial charge in [-0.3, -0.25) is 14.4 Å². The Labute approximate surface area is 166 Å². The lowest BCUT2D eigenvalue weighted by atomic mass is 10.0. The van der Waals surface area contributed by atoms with Crippen LogP contribution in [0.15, 0.2) is 24.3 Å². The summed E-state index contributed by atoms with van der Waals surface area (Å²) in [6.45, 7) is 1.23. The zero-order valence-electron chi connectivity index (χ0n) is 15.7. The predicted molar refractivity (Wildman–Crippen MR) is 99.8 cm³/mol. The Morgan fingerprint density at radius 1 is 1.03 bits per heavy atom. The van der Waals surface area contributed by atoms with E-state index >= 15 is 0 Å². The molecule has 11 heteroatoms. The second-order valence-electron chi connectivity index (χ2n) is 6.54. The van der Waals surface area contributed by atoms with Crippen LogP contribution in [0.25, 0.3) is 0 Å². The number of hydrogen-bond acceptors (Lipinski definition) is 7. The summed E-state index contributed by atoms with van der Waals surface area (Å²) >= 11 is 0. The summed E-state index contributed by atoms with van der Waals surface area (Å²) in [6.07, 6.45) is -2.12. The highest BCUT2D eigenvalue weighted by atomic mass is 16.4. The third-order valence-corrected chi connectivity index (χ3v) is 4.05. The summed E-state index contributed by atoms with van der Waals surface area (Å²) in [4.78, 5) is 46.4. The molecule has 0 heterocycles. The molecule has 8 N–H and O–H groups in total. The van der Waals surface area contributed by atoms with Crippen molar-refractivity contribution in [1.82, 2.24) is 10.6 Å². The van der Waals surface area contributed by atoms with Crippen LogP contribution in [0.1, 0.15) is 25.3 Å². The number of aliphatic hydroxyl groups is 1. The molecule has 0 aliphatic heterocycles. The number of aliphatic carboxylic acids is 2. The summed E-state index contributed by atoms with van der Waals surface area (Å²) in [5.41, 5.74) is 6.47. The number of rotatable bonds is 11. The average Bonchev–Trinajstić information content (AvgIpc) is 2.63. The Bertz CT molecular complexity index is 735. The van der Waals surface area contributed by atoms with Gasteiger partial charge in [-0.1, -0.05) is 12.1 Å². The molecule has 0 radical (unpaired) electrons. The van der Waals surface area contributed by atoms with Gasteiger partial charge in [0.2, 0.25) is 11.8 Å². The number of aliphatic hydroxyl groups excluding tert-OH is 1. The van der Waals surface area contributed by atoms with Crippen LogP contribution in [-0.2, 0) is 25.6 Å². The zero-order valence-corrected chi connectivity index (χ0v) is 15.7. The monoisotopic (exact) mass is 411 g/mol. The Balaban J connectivity index is 2.75. The van der Waals surface area contributed by atoms with Gasteiger partial charge in [0.05, 0.1) is 12.1 Å². The lowest BCUT2D eigenvalue weighted by Crippen LogP contribution is -2.58. The molecule has 0 saturated heterocycles. The number of phenolic OH excluding ortho intramolecular Hbond substituents is 1. The van der Waals surface area contributed by atoms with Gasteiger partial charge in [0, 0.05) is 6.42 Å². The topological polar surface area (TPSA) is 199 Å². The van der Waals surface area contributed by atoms with Crippen LogP contribution < -0.4 is 16.4 Å². The van der Waals surface area contributed by atoms with Crippen LogP contribution in [0.3, 0.4) is 0 Å². The first-order chi connectivity index (χ1) is 13.5. The van der Waals surface area contributed by atoms with Gasteiger partial charge in [0.25, 0.3) is 0 Å². The van der Waals surface area contributed by atoms with E-state index < -0.39 is 54.4 Å². The van der Waals surface area contributed by atoms with Crippen molar-refractivity contribution in [2.75, 3.05) is 0 Å². The van der Waals surface area contributed by atoms with Crippen molar-refractivity contribution in [3.05, 3.63) is 29.8 Å². The highest BCUT2D eigenvalue weighted by Gasteiger charge is 2.31. The minimum absolute atomic E-state index is 0.0495. The molecule has 4 atom stereocenters. The molecule has 0 unspecified atom stereocenters. The molecule has 1 rings (SSSR count). The quantitative estimate of drug-likeness (QED) is 0.228. The number of carbonyl (C=O) groups excluding carboxylic acids is 2. The van der Waals surface area contributed by atoms with E-state index in [4.69, 9.17) is 15.9 Å². The maximum atomic E-state index is 12.3. The van der Waals surface area contributed by atoms with Crippen LogP contribution >= 0.6 is 0 Å². The van der Waals surface area contributed by atoms with Gasteiger partial charge in [-0.15, -0.1) is 0 Å². The van der Waals surface area contributed by atoms with Gasteiger partial charge in [-0.25, -0.2) is 4.79 Å². The molecule has 0 aliphatic rings. The van der Waals surface area contributed by atoms with Crippen molar-refractivity contribution in [3.63, 3.8) is 0 Å². The molecule has 160 valence electrons. The van der Waals surface area contributed by atoms with E-state index in [0.717, 1.165) is 0 Å². The number of carboxylic acid groups (broad SMARTS) is 2. The van der Waals surface area contributed by atoms with Crippen LogP contribution in [-0.4, -0.2) is 68.4 Å². The van der Waals surface area contributed by atoms with Gasteiger partial charge in [0.1, 0.15) is 17.8 Å². The highest BCUT2D eigenvalue weighted by Crippen LogP contribution is 2.11. The van der Waals surface area contributed by atoms with Crippen LogP contribution in [0.5, 0.6) is 5.75 Å². The molecular formula is C18H25N3O8. The first-order valence-corrected chi connectivity index (χ1v) is 8.78. The van der Waals surface area contributed by atoms with Gasteiger partial charge in [-0.05, 0) is 37.5 Å². The van der Waals surface area contributed by atoms with Crippen LogP contribution in [0.2, 0.25) is 0 Å². The fraction of sp³-hybridized carbons (Fsp3) is 0.444. The lowest BCUT2D eigenvalue weighted by molar-refractivity contribution is -0.144. The first-order valence-electron chi connectivity index (χ1n) is 8.78. The Morgan fingerprint density at radius 2 is 1.62 bits per heavy atom. The van der Waals surface area contributed by atoms with Gasteiger partial charge in [0.15, 0.2) is 0 Å². The molecule has 0 bridgehead atoms. The Hall–Kier alpha value is -3.18. The van der Waals surface area contributed by atoms with Crippen molar-refractivity contribution < 1.29 is 39.6 Å². The first kappa shape index (κ1) is 23.9. The SMILES string of the molecule is C[C@@H](O)[C@H](NC(=O)[C@@H](N)Cc1ccc(O)cc1)C(=O)N[C@@H](CCC(=O)O)C(=O)O. The van der Waals surface area contributed by atoms with Crippen molar-refractivity contribution in [1.29, 1.82) is 0 Å². The molecule has 1 aromatic carbocycles. The van der Waals surface area contributed by atoms with Crippen LogP contribution in [0.4, 0.5) is 0 Å². The van der Waals surface area contributed by atoms with Crippen molar-refractivity contribution in [2.45, 2.75) is 50.4 Å². The number of nitrogens with one attached hydrogen (secondary N) is 2. The highest BCUT2D eigenvalue weighted by molar-refractivity contribution is 5.92. The minimum atomic E-state index is -1.50. The van der Waals surface area contributed by atoms with E-state index in [-0.39, 0.29) is 18.6 Å². The molecular weight excluding hydrogens is 386 g/mol. The number of benzene rings is 1. The summed E-state index contributed by atoms with van der Waals surface area (Å²) in [5.74, 6) is -4.36. The fourth-order valence-electron chi connectivity index (χ4n) is 2.43. The third kappa shape index (κ3) is 8.15. The molecule has 0 aliphatic carbocycles. The predicted octanol–water partition coefficient (Wildman–Crippen LogP) is -1.44. The maximum Gasteiger partial charge on any atom is 0.326 e. The van der Waals surface area contributed by atoms with E-state index in [1.165, 1.54) is 19.1 Å². The average molecular weight is 411 g/mol. The van der Waals surface area contributed by atoms with E-state index in [9.17, 15) is 29.4 Å². The van der Waals surface area contributed by atoms with Gasteiger partial charge >= 0.3 is 11.9 Å². The molecule has 0 aromatic heterocycles. The molecule has 0 fully saturated rings. The molecule has 0 spiro atoms. The Kier molecular flexibility index (Phi) is 9.03. The molecule has 29 heavy (non-hydrogen) atoms. The molecule has 1 aromatic rings. The molecule has 11 nitrogen and oxygen atoms in total. The number of hydrogen-bond donors (Lipinski definition) is 7. The summed E-state index contributed by atoms with van der Waals surface area (Å²) in [5, 5.41) is 41.2. The number of nitrogens with two attached hydrogens (primary N) is 1. The second-order valence-corrected chi connectivity index (χ2v) is 6.54. The van der Waals surface area contributed by atoms with Gasteiger partial charge in [-0.2, -0.15) is 0 Å². The van der Waals surface area contributed by atoms with E-state index in [0.29, 0.717) is 5.56 Å². The minimum Gasteiger partial charge on any atom is -0.508 e. The standard InChI is InChI=1S/C18H25N3O8/c1-9(22)15(17(27)20-13(18(28)29)6-7-14(24)25)21-16(26)12(19)8-10-2-4-11(23)5-3-10/h2-5,9,12-13,15,22-23H,6-8,19H2,1H3,(H,20,27)(H,21,26)(H,24,25)(H,28,29)/t9-,12+,13+,15+/m1/s1. The largest absolute Gasteiger partial charge is 0.508 e. The normalized spacial score (nSPS) is 14.9. The van der Waals surface area contributed by atoms with Crippen molar-refractivity contribution in [3.8, 4) is 5.75 Å². The van der Waals surface area contributed by atoms with Gasteiger partial charge < -0.3 is 36.8 Å². The number of carboxylic acids is 2. The Morgan fingerprint density at radius 3 is 2.10 bits per heavy atom. The number of carbonyl (C=O) groups is 4. The summed E-state index contributed by atoms with van der Waals surface area (Å²) < 4.78 is 0. The molecule has 0 saturated carbocycles. The fourth-order valence-corrected chi connectivity index (χ4v) is 2.43. The smallest absolute Gasteiger partial charge is 0.326 e. The van der Waals surface area contributed by atoms with Crippen LogP contribution in [0, 0.1) is 0 Å². The summed E-state index contributed by atoms with van der Waals surface area (Å²) in [6, 6.07) is 1.94. The summed E-state index contributed by atoms with van der Waals surface area (Å²) in [7, 11) is 0. The lowest BCUT2D eigenvalue weighted by Gasteiger charge is -2.24. The number of amides is 2. The number of phenols is 1. The second kappa shape index (κ2) is 11.0. The zero-order chi connectivity index (χ0) is 22.1. The van der Waals surface area contributed by atoms with E-state index in [1.54, 1.807) is 12.1 Å². The molecule has 2 amide bonds. The van der Waals surface area contributed by atoms with E-state index in [1.807, 2.05) is 0 Å². The van der Waals surface area contributed by atoms with E-state index in [2.05, 4.69) is 10.6 Å².